The quantitative estimate of drug-likeness (QED) is 0.783. The summed E-state index contributed by atoms with van der Waals surface area (Å²) in [6, 6.07) is 4.54. The maximum atomic E-state index is 10.9. The van der Waals surface area contributed by atoms with Crippen molar-refractivity contribution in [3.63, 3.8) is 0 Å². The summed E-state index contributed by atoms with van der Waals surface area (Å²) < 4.78 is 13.7. The van der Waals surface area contributed by atoms with Gasteiger partial charge in [0.15, 0.2) is 11.5 Å². The second-order valence-corrected chi connectivity index (χ2v) is 9.94. The molecule has 0 amide bonds. The lowest BCUT2D eigenvalue weighted by Gasteiger charge is -2.47. The molecular formula is C24H35N3O3. The first-order valence-electron chi connectivity index (χ1n) is 11.1. The fraction of sp³-hybridized carbons (Fsp3) is 0.625. The summed E-state index contributed by atoms with van der Waals surface area (Å²) in [5.74, 6) is 1.91. The topological polar surface area (TPSA) is 59.8 Å². The van der Waals surface area contributed by atoms with Crippen LogP contribution in [0.2, 0.25) is 0 Å². The lowest BCUT2D eigenvalue weighted by atomic mass is 9.75. The summed E-state index contributed by atoms with van der Waals surface area (Å²) >= 11 is 0. The number of aliphatic hydroxyl groups excluding tert-OH is 1. The average molecular weight is 414 g/mol. The van der Waals surface area contributed by atoms with Gasteiger partial charge in [0.2, 0.25) is 0 Å². The first kappa shape index (κ1) is 21.2. The highest BCUT2D eigenvalue weighted by molar-refractivity contribution is 5.49. The molecule has 1 aromatic heterocycles. The Bertz CT molecular complexity index is 844. The Labute approximate surface area is 179 Å². The minimum atomic E-state index is -0.256. The van der Waals surface area contributed by atoms with Crippen LogP contribution < -0.4 is 9.47 Å². The highest BCUT2D eigenvalue weighted by Gasteiger charge is 2.39. The number of imidazole rings is 1. The van der Waals surface area contributed by atoms with Gasteiger partial charge in [-0.15, -0.1) is 0 Å². The maximum absolute atomic E-state index is 10.9. The van der Waals surface area contributed by atoms with Crippen molar-refractivity contribution in [3.05, 3.63) is 42.0 Å². The molecule has 2 aromatic rings. The monoisotopic (exact) mass is 413 g/mol. The number of fused-ring (bicyclic) bond motifs is 3. The van der Waals surface area contributed by atoms with Crippen molar-refractivity contribution in [1.29, 1.82) is 0 Å². The molecular weight excluding hydrogens is 378 g/mol. The second-order valence-electron chi connectivity index (χ2n) is 9.94. The van der Waals surface area contributed by atoms with E-state index in [1.807, 2.05) is 10.8 Å². The molecule has 6 nitrogen and oxygen atoms in total. The van der Waals surface area contributed by atoms with Gasteiger partial charge in [-0.25, -0.2) is 4.98 Å². The van der Waals surface area contributed by atoms with Crippen molar-refractivity contribution >= 4 is 0 Å². The van der Waals surface area contributed by atoms with E-state index < -0.39 is 0 Å². The summed E-state index contributed by atoms with van der Waals surface area (Å²) in [6.45, 7) is 10.1. The summed E-state index contributed by atoms with van der Waals surface area (Å²) in [5, 5.41) is 10.9. The lowest BCUT2D eigenvalue weighted by molar-refractivity contribution is -0.0259. The van der Waals surface area contributed by atoms with Crippen LogP contribution in [0.3, 0.4) is 0 Å². The van der Waals surface area contributed by atoms with Gasteiger partial charge >= 0.3 is 0 Å². The molecule has 0 bridgehead atoms. The molecule has 2 aliphatic rings. The molecule has 1 fully saturated rings. The Hall–Kier alpha value is -2.05. The normalized spacial score (nSPS) is 24.2. The van der Waals surface area contributed by atoms with Crippen molar-refractivity contribution < 1.29 is 14.6 Å². The zero-order valence-corrected chi connectivity index (χ0v) is 18.7. The van der Waals surface area contributed by atoms with E-state index in [1.165, 1.54) is 11.1 Å². The number of ether oxygens (including phenoxy) is 2. The number of benzene rings is 1. The molecule has 0 saturated carbocycles. The molecule has 1 saturated heterocycles. The van der Waals surface area contributed by atoms with Crippen molar-refractivity contribution in [2.24, 2.45) is 11.3 Å². The minimum Gasteiger partial charge on any atom is -0.493 e. The van der Waals surface area contributed by atoms with Crippen LogP contribution in [0.5, 0.6) is 11.5 Å². The Kier molecular flexibility index (Phi) is 6.07. The van der Waals surface area contributed by atoms with E-state index in [4.69, 9.17) is 9.47 Å². The number of hydrogen-bond donors (Lipinski definition) is 1. The van der Waals surface area contributed by atoms with Crippen molar-refractivity contribution in [1.82, 2.24) is 14.5 Å². The van der Waals surface area contributed by atoms with Gasteiger partial charge in [-0.2, -0.15) is 0 Å². The number of methoxy groups -OCH3 is 1. The van der Waals surface area contributed by atoms with Gasteiger partial charge in [0.25, 0.3) is 0 Å². The highest BCUT2D eigenvalue weighted by atomic mass is 16.5. The average Bonchev–Trinajstić information content (AvgIpc) is 3.20. The fourth-order valence-corrected chi connectivity index (χ4v) is 5.04. The first-order chi connectivity index (χ1) is 14.3. The molecule has 0 spiro atoms. The molecule has 3 atom stereocenters. The number of hydrogen-bond acceptors (Lipinski definition) is 5. The standard InChI is InChI=1S/C24H35N3O3/c1-24(2,3)14-18-15-27-7-5-17-11-23(30-10-9-26-8-6-25-16-26)22(29-4)12-19(17)20(27)13-21(18)28/h6,8,11-12,16,18,20-21,28H,5,7,9-10,13-15H2,1-4H3. The molecule has 1 N–H and O–H groups in total. The molecule has 4 rings (SSSR count). The summed E-state index contributed by atoms with van der Waals surface area (Å²) in [6.07, 6.45) is 8.09. The first-order valence-corrected chi connectivity index (χ1v) is 11.1. The van der Waals surface area contributed by atoms with Gasteiger partial charge in [-0.05, 0) is 53.9 Å². The Morgan fingerprint density at radius 2 is 2.07 bits per heavy atom. The van der Waals surface area contributed by atoms with E-state index in [-0.39, 0.29) is 17.6 Å². The number of aliphatic hydroxyl groups is 1. The molecule has 0 aliphatic carbocycles. The van der Waals surface area contributed by atoms with Gasteiger partial charge in [0, 0.05) is 31.5 Å². The van der Waals surface area contributed by atoms with Gasteiger partial charge in [-0.3, -0.25) is 4.90 Å². The molecule has 30 heavy (non-hydrogen) atoms. The van der Waals surface area contributed by atoms with Crippen LogP contribution in [0.4, 0.5) is 0 Å². The predicted molar refractivity (Wildman–Crippen MR) is 117 cm³/mol. The van der Waals surface area contributed by atoms with Crippen LogP contribution in [0.1, 0.15) is 50.8 Å². The van der Waals surface area contributed by atoms with Gasteiger partial charge < -0.3 is 19.1 Å². The van der Waals surface area contributed by atoms with Crippen LogP contribution in [0, 0.1) is 11.3 Å². The predicted octanol–water partition coefficient (Wildman–Crippen LogP) is 3.69. The maximum Gasteiger partial charge on any atom is 0.161 e. The number of piperidine rings is 1. The van der Waals surface area contributed by atoms with Crippen LogP contribution in [-0.2, 0) is 13.0 Å². The SMILES string of the molecule is COc1cc2c(cc1OCCn1ccnc1)CCN1CC(CC(C)(C)C)C(O)CC21. The summed E-state index contributed by atoms with van der Waals surface area (Å²) in [4.78, 5) is 6.63. The molecule has 0 radical (unpaired) electrons. The third-order valence-electron chi connectivity index (χ3n) is 6.41. The van der Waals surface area contributed by atoms with Crippen molar-refractivity contribution in [2.75, 3.05) is 26.8 Å². The summed E-state index contributed by atoms with van der Waals surface area (Å²) in [5.41, 5.74) is 2.84. The molecule has 6 heteroatoms. The zero-order valence-electron chi connectivity index (χ0n) is 18.7. The Balaban J connectivity index is 1.49. The summed E-state index contributed by atoms with van der Waals surface area (Å²) in [7, 11) is 1.69. The van der Waals surface area contributed by atoms with Crippen molar-refractivity contribution in [3.8, 4) is 11.5 Å². The largest absolute Gasteiger partial charge is 0.493 e. The van der Waals surface area contributed by atoms with E-state index in [9.17, 15) is 5.11 Å². The molecule has 3 heterocycles. The third kappa shape index (κ3) is 4.65. The van der Waals surface area contributed by atoms with Crippen LogP contribution in [0.25, 0.3) is 0 Å². The molecule has 164 valence electrons. The van der Waals surface area contributed by atoms with Gasteiger partial charge in [0.1, 0.15) is 6.61 Å². The van der Waals surface area contributed by atoms with Crippen molar-refractivity contribution in [2.45, 2.75) is 58.7 Å². The zero-order chi connectivity index (χ0) is 21.3. The third-order valence-corrected chi connectivity index (χ3v) is 6.41. The minimum absolute atomic E-state index is 0.234. The van der Waals surface area contributed by atoms with E-state index in [0.717, 1.165) is 50.4 Å². The van der Waals surface area contributed by atoms with E-state index in [1.54, 1.807) is 19.6 Å². The van der Waals surface area contributed by atoms with Crippen LogP contribution in [-0.4, -0.2) is 52.5 Å². The van der Waals surface area contributed by atoms with E-state index in [0.29, 0.717) is 12.5 Å². The van der Waals surface area contributed by atoms with E-state index >= 15 is 0 Å². The lowest BCUT2D eigenvalue weighted by Crippen LogP contribution is -2.48. The second kappa shape index (κ2) is 8.60. The van der Waals surface area contributed by atoms with Gasteiger partial charge in [0.05, 0.1) is 26.1 Å². The molecule has 3 unspecified atom stereocenters. The fourth-order valence-electron chi connectivity index (χ4n) is 5.04. The Morgan fingerprint density at radius 3 is 2.77 bits per heavy atom. The number of rotatable bonds is 6. The number of aromatic nitrogens is 2. The van der Waals surface area contributed by atoms with Crippen LogP contribution in [0.15, 0.2) is 30.9 Å². The highest BCUT2D eigenvalue weighted by Crippen LogP contribution is 2.44. The smallest absolute Gasteiger partial charge is 0.161 e. The van der Waals surface area contributed by atoms with E-state index in [2.05, 4.69) is 42.8 Å². The molecule has 1 aromatic carbocycles. The van der Waals surface area contributed by atoms with Gasteiger partial charge in [-0.1, -0.05) is 20.8 Å². The number of nitrogens with zero attached hydrogens (tertiary/aromatic N) is 3. The van der Waals surface area contributed by atoms with Crippen LogP contribution >= 0.6 is 0 Å². The molecule has 2 aliphatic heterocycles. The Morgan fingerprint density at radius 1 is 1.23 bits per heavy atom.